The highest BCUT2D eigenvalue weighted by Gasteiger charge is 2.24. The van der Waals surface area contributed by atoms with E-state index in [1.807, 2.05) is 11.3 Å². The molecule has 3 heteroatoms. The number of benzene rings is 8. The lowest BCUT2D eigenvalue weighted by Crippen LogP contribution is -2.10. The summed E-state index contributed by atoms with van der Waals surface area (Å²) < 4.78 is 7.55. The summed E-state index contributed by atoms with van der Waals surface area (Å²) >= 11 is 1.89. The first-order valence-electron chi connectivity index (χ1n) is 26.2. The largest absolute Gasteiger partial charge is 0.313 e. The molecule has 0 atom stereocenters. The summed E-state index contributed by atoms with van der Waals surface area (Å²) in [7, 11) is 0. The fraction of sp³-hybridized carbons (Fsp3) is 0.257. The molecule has 0 aliphatic rings. The molecule has 0 aliphatic heterocycles. The highest BCUT2D eigenvalue weighted by molar-refractivity contribution is 7.25. The molecule has 0 fully saturated rings. The van der Waals surface area contributed by atoms with E-state index >= 15 is 0 Å². The molecule has 8 aromatic carbocycles. The lowest BCUT2D eigenvalue weighted by molar-refractivity contribution is 0.590. The molecule has 0 radical (unpaired) electrons. The van der Waals surface area contributed by atoms with Gasteiger partial charge in [0.25, 0.3) is 0 Å². The predicted octanol–water partition coefficient (Wildman–Crippen LogP) is 20.4. The average molecular weight is 971 g/mol. The quantitative estimate of drug-likeness (QED) is 0.157. The normalized spacial score (nSPS) is 12.8. The first-order chi connectivity index (χ1) is 34.5. The lowest BCUT2D eigenvalue weighted by atomic mass is 9.85. The second-order valence-electron chi connectivity index (χ2n) is 24.8. The Hall–Kier alpha value is -6.94. The van der Waals surface area contributed by atoms with Crippen molar-refractivity contribution in [2.75, 3.05) is 0 Å². The molecule has 0 bridgehead atoms. The fourth-order valence-electron chi connectivity index (χ4n) is 11.2. The molecular formula is C70H70N2S. The van der Waals surface area contributed by atoms with E-state index in [2.05, 4.69) is 276 Å². The minimum absolute atomic E-state index is 0.0779. The number of nitrogens with zero attached hydrogens (tertiary/aromatic N) is 2. The van der Waals surface area contributed by atoms with Crippen molar-refractivity contribution in [3.8, 4) is 55.9 Å². The summed E-state index contributed by atoms with van der Waals surface area (Å²) in [6.45, 7) is 32.0. The van der Waals surface area contributed by atoms with Gasteiger partial charge >= 0.3 is 0 Å². The van der Waals surface area contributed by atoms with Crippen LogP contribution in [0.25, 0.3) is 97.9 Å². The maximum atomic E-state index is 2.49. The van der Waals surface area contributed by atoms with Crippen LogP contribution in [-0.2, 0) is 21.7 Å². The minimum atomic E-state index is 0.0779. The third kappa shape index (κ3) is 8.64. The molecule has 73 heavy (non-hydrogen) atoms. The van der Waals surface area contributed by atoms with Crippen LogP contribution in [0.1, 0.15) is 117 Å². The van der Waals surface area contributed by atoms with Gasteiger partial charge in [-0.15, -0.1) is 11.3 Å². The molecule has 0 unspecified atom stereocenters. The van der Waals surface area contributed by atoms with Crippen LogP contribution >= 0.6 is 11.3 Å². The van der Waals surface area contributed by atoms with Gasteiger partial charge in [0.1, 0.15) is 0 Å². The Morgan fingerprint density at radius 2 is 0.575 bits per heavy atom. The summed E-state index contributed by atoms with van der Waals surface area (Å²) in [5, 5.41) is 5.12. The molecule has 3 aromatic heterocycles. The summed E-state index contributed by atoms with van der Waals surface area (Å²) in [5.74, 6) is 0. The molecule has 0 saturated heterocycles. The summed E-state index contributed by atoms with van der Waals surface area (Å²) in [6, 6.07) is 65.2. The third-order valence-electron chi connectivity index (χ3n) is 15.6. The van der Waals surface area contributed by atoms with Crippen molar-refractivity contribution < 1.29 is 0 Å². The number of hydrogen-bond acceptors (Lipinski definition) is 1. The zero-order valence-corrected chi connectivity index (χ0v) is 46.3. The number of aromatic nitrogens is 2. The van der Waals surface area contributed by atoms with Gasteiger partial charge in [-0.1, -0.05) is 204 Å². The first-order valence-corrected chi connectivity index (χ1v) is 27.1. The van der Waals surface area contributed by atoms with E-state index in [9.17, 15) is 0 Å². The van der Waals surface area contributed by atoms with Gasteiger partial charge < -0.3 is 9.13 Å². The standard InChI is InChI=1S/C70H70N2S/c1-43-65(47-19-29-53(30-20-47)69(9,10)11)59-39-49(45-15-25-51(26-16-45)67(3,4)5)23-37-61(59)71(43)55-33-35-57-58-36-34-56(42-64(58)73-63(57)41-55)72-44(2)66(48-21-31-54(32-22-48)70(12,13)14)60-40-50(24-38-62(60)72)46-17-27-52(28-18-46)68(6,7)8/h15-42H,1-14H3. The van der Waals surface area contributed by atoms with Crippen molar-refractivity contribution in [3.05, 3.63) is 203 Å². The predicted molar refractivity (Wildman–Crippen MR) is 319 cm³/mol. The SMILES string of the molecule is Cc1c(-c2ccc(C(C)(C)C)cc2)c2cc(-c3ccc(C(C)(C)C)cc3)ccc2n1-c1ccc2c(c1)sc1cc(-n3c(C)c(-c4ccc(C(C)(C)C)cc4)c4cc(-c5ccc(C(C)(C)C)cc5)ccc43)ccc12. The van der Waals surface area contributed by atoms with Gasteiger partial charge in [0.15, 0.2) is 0 Å². The molecule has 3 heterocycles. The molecule has 0 amide bonds. The van der Waals surface area contributed by atoms with E-state index in [0.717, 1.165) is 0 Å². The molecule has 0 saturated carbocycles. The van der Waals surface area contributed by atoms with Crippen LogP contribution in [0.15, 0.2) is 170 Å². The highest BCUT2D eigenvalue weighted by atomic mass is 32.1. The maximum Gasteiger partial charge on any atom is 0.0538 e. The van der Waals surface area contributed by atoms with Gasteiger partial charge in [-0.2, -0.15) is 0 Å². The third-order valence-corrected chi connectivity index (χ3v) is 16.7. The van der Waals surface area contributed by atoms with E-state index in [0.29, 0.717) is 0 Å². The monoisotopic (exact) mass is 971 g/mol. The molecule has 0 N–H and O–H groups in total. The van der Waals surface area contributed by atoms with Crippen molar-refractivity contribution >= 4 is 53.3 Å². The van der Waals surface area contributed by atoms with Gasteiger partial charge in [-0.3, -0.25) is 0 Å². The maximum absolute atomic E-state index is 2.49. The molecule has 2 nitrogen and oxygen atoms in total. The van der Waals surface area contributed by atoms with E-state index < -0.39 is 0 Å². The first kappa shape index (κ1) is 48.3. The van der Waals surface area contributed by atoms with Gasteiger partial charge in [-0.05, 0) is 140 Å². The van der Waals surface area contributed by atoms with Crippen LogP contribution in [0, 0.1) is 13.8 Å². The fourth-order valence-corrected chi connectivity index (χ4v) is 12.4. The Kier molecular flexibility index (Phi) is 11.5. The average Bonchev–Trinajstić information content (AvgIpc) is 3.97. The van der Waals surface area contributed by atoms with E-state index in [4.69, 9.17) is 0 Å². The Balaban J connectivity index is 1.03. The van der Waals surface area contributed by atoms with Crippen molar-refractivity contribution in [3.63, 3.8) is 0 Å². The Morgan fingerprint density at radius 3 is 0.877 bits per heavy atom. The summed E-state index contributed by atoms with van der Waals surface area (Å²) in [5.41, 5.74) is 23.0. The number of fused-ring (bicyclic) bond motifs is 5. The van der Waals surface area contributed by atoms with E-state index in [1.165, 1.54) is 132 Å². The summed E-state index contributed by atoms with van der Waals surface area (Å²) in [4.78, 5) is 0. The molecule has 366 valence electrons. The number of hydrogen-bond donors (Lipinski definition) is 0. The topological polar surface area (TPSA) is 9.86 Å². The lowest BCUT2D eigenvalue weighted by Gasteiger charge is -2.19. The van der Waals surface area contributed by atoms with Gasteiger partial charge in [0.2, 0.25) is 0 Å². The molecule has 11 aromatic rings. The van der Waals surface area contributed by atoms with Gasteiger partial charge in [-0.25, -0.2) is 0 Å². The second-order valence-corrected chi connectivity index (χ2v) is 25.9. The van der Waals surface area contributed by atoms with E-state index in [1.54, 1.807) is 0 Å². The van der Waals surface area contributed by atoms with Gasteiger partial charge in [0, 0.05) is 64.8 Å². The molecule has 0 spiro atoms. The second kappa shape index (κ2) is 17.3. The Labute approximate surface area is 438 Å². The number of thiophene rings is 1. The zero-order chi connectivity index (χ0) is 51.5. The van der Waals surface area contributed by atoms with Crippen LogP contribution in [0.2, 0.25) is 0 Å². The van der Waals surface area contributed by atoms with Crippen molar-refractivity contribution in [2.24, 2.45) is 0 Å². The van der Waals surface area contributed by atoms with Crippen LogP contribution < -0.4 is 0 Å². The molecule has 0 aliphatic carbocycles. The minimum Gasteiger partial charge on any atom is -0.313 e. The number of rotatable bonds is 6. The smallest absolute Gasteiger partial charge is 0.0538 e. The Morgan fingerprint density at radius 1 is 0.288 bits per heavy atom. The van der Waals surface area contributed by atoms with Crippen LogP contribution in [-0.4, -0.2) is 9.13 Å². The van der Waals surface area contributed by atoms with Crippen LogP contribution in [0.4, 0.5) is 0 Å². The van der Waals surface area contributed by atoms with Crippen molar-refractivity contribution in [1.29, 1.82) is 0 Å². The summed E-state index contributed by atoms with van der Waals surface area (Å²) in [6.07, 6.45) is 0. The molecular weight excluding hydrogens is 901 g/mol. The van der Waals surface area contributed by atoms with E-state index in [-0.39, 0.29) is 21.7 Å². The molecule has 11 rings (SSSR count). The van der Waals surface area contributed by atoms with Crippen molar-refractivity contribution in [1.82, 2.24) is 9.13 Å². The van der Waals surface area contributed by atoms with Crippen LogP contribution in [0.5, 0.6) is 0 Å². The zero-order valence-electron chi connectivity index (χ0n) is 45.5. The van der Waals surface area contributed by atoms with Crippen LogP contribution in [0.3, 0.4) is 0 Å². The highest BCUT2D eigenvalue weighted by Crippen LogP contribution is 2.45. The van der Waals surface area contributed by atoms with Gasteiger partial charge in [0.05, 0.1) is 11.0 Å². The van der Waals surface area contributed by atoms with Crippen molar-refractivity contribution in [2.45, 2.75) is 119 Å². The Bertz CT molecular complexity index is 3640.